The summed E-state index contributed by atoms with van der Waals surface area (Å²) in [6.07, 6.45) is 38.2. The quantitative estimate of drug-likeness (QED) is 0.0745. The molecule has 0 unspecified atom stereocenters. The molecule has 0 fully saturated rings. The molecular formula is C51H110O3. The van der Waals surface area contributed by atoms with Gasteiger partial charge in [0.2, 0.25) is 0 Å². The molecule has 0 aromatic heterocycles. The highest BCUT2D eigenvalue weighted by atomic mass is 16.1. The molecule has 0 aromatic rings. The van der Waals surface area contributed by atoms with E-state index in [9.17, 15) is 14.4 Å². The number of rotatable bonds is 28. The molecule has 3 nitrogen and oxygen atoms in total. The van der Waals surface area contributed by atoms with E-state index in [2.05, 4.69) is 90.0 Å². The van der Waals surface area contributed by atoms with E-state index in [1.54, 1.807) is 0 Å². The van der Waals surface area contributed by atoms with E-state index in [4.69, 9.17) is 0 Å². The van der Waals surface area contributed by atoms with Gasteiger partial charge in [0, 0.05) is 19.3 Å². The molecular weight excluding hydrogens is 661 g/mol. The lowest BCUT2D eigenvalue weighted by Crippen LogP contribution is -2.29. The number of Topliss-reactive ketones (excluding diaryl/α,β-unsaturated/α-hetero) is 3. The topological polar surface area (TPSA) is 51.2 Å². The Kier molecular flexibility index (Phi) is 83.8. The van der Waals surface area contributed by atoms with Gasteiger partial charge in [0.1, 0.15) is 17.3 Å². The highest BCUT2D eigenvalue weighted by molar-refractivity contribution is 5.83. The first-order chi connectivity index (χ1) is 25.8. The summed E-state index contributed by atoms with van der Waals surface area (Å²) in [5.41, 5.74) is -0.432. The van der Waals surface area contributed by atoms with Crippen LogP contribution in [0.3, 0.4) is 0 Å². The molecule has 0 atom stereocenters. The van der Waals surface area contributed by atoms with Crippen LogP contribution in [0.4, 0.5) is 0 Å². The third-order valence-electron chi connectivity index (χ3n) is 8.93. The summed E-state index contributed by atoms with van der Waals surface area (Å²) in [6.45, 7) is 33.5. The Morgan fingerprint density at radius 2 is 0.389 bits per heavy atom. The second-order valence-corrected chi connectivity index (χ2v) is 15.8. The van der Waals surface area contributed by atoms with E-state index >= 15 is 0 Å². The Morgan fingerprint density at radius 3 is 0.500 bits per heavy atom. The van der Waals surface area contributed by atoms with E-state index in [0.717, 1.165) is 25.7 Å². The number of unbranched alkanes of at least 4 members (excludes halogenated alkanes) is 20. The molecule has 332 valence electrons. The molecule has 0 amide bonds. The lowest BCUT2D eigenvalue weighted by molar-refractivity contribution is -0.125. The smallest absolute Gasteiger partial charge is 0.130 e. The first kappa shape index (κ1) is 67.7. The van der Waals surface area contributed by atoms with Crippen molar-refractivity contribution in [3.8, 4) is 0 Å². The Morgan fingerprint density at radius 1 is 0.259 bits per heavy atom. The Balaban J connectivity index is -0.000000103. The van der Waals surface area contributed by atoms with Gasteiger partial charge in [0.25, 0.3) is 0 Å². The van der Waals surface area contributed by atoms with Crippen LogP contribution in [0.2, 0.25) is 0 Å². The van der Waals surface area contributed by atoms with Gasteiger partial charge in [-0.3, -0.25) is 0 Å². The normalized spacial score (nSPS) is 9.78. The maximum absolute atomic E-state index is 11.4. The molecule has 0 heterocycles. The molecule has 0 rings (SSSR count). The van der Waals surface area contributed by atoms with E-state index in [0.29, 0.717) is 19.3 Å². The van der Waals surface area contributed by atoms with Crippen molar-refractivity contribution in [2.45, 2.75) is 310 Å². The van der Waals surface area contributed by atoms with Gasteiger partial charge in [-0.05, 0) is 32.6 Å². The molecule has 0 aromatic carbocycles. The van der Waals surface area contributed by atoms with Crippen LogP contribution >= 0.6 is 0 Å². The molecule has 0 aliphatic carbocycles. The number of hydrogen-bond donors (Lipinski definition) is 0. The Bertz CT molecular complexity index is 512. The molecule has 0 bridgehead atoms. The maximum atomic E-state index is 11.4. The van der Waals surface area contributed by atoms with Gasteiger partial charge in [-0.2, -0.15) is 0 Å². The minimum atomic E-state index is -0.432. The average Bonchev–Trinajstić information content (AvgIpc) is 3.13. The molecule has 0 spiro atoms. The summed E-state index contributed by atoms with van der Waals surface area (Å²) in [7, 11) is 0. The lowest BCUT2D eigenvalue weighted by Gasteiger charge is -2.31. The van der Waals surface area contributed by atoms with Crippen LogP contribution in [-0.4, -0.2) is 17.3 Å². The van der Waals surface area contributed by atoms with Crippen LogP contribution in [-0.2, 0) is 14.4 Å². The molecule has 0 aliphatic heterocycles. The van der Waals surface area contributed by atoms with Crippen molar-refractivity contribution in [3.63, 3.8) is 0 Å². The van der Waals surface area contributed by atoms with Gasteiger partial charge < -0.3 is 14.4 Å². The fourth-order valence-corrected chi connectivity index (χ4v) is 5.79. The van der Waals surface area contributed by atoms with Crippen molar-refractivity contribution in [1.82, 2.24) is 0 Å². The Labute approximate surface area is 346 Å². The molecule has 54 heavy (non-hydrogen) atoms. The highest BCUT2D eigenvalue weighted by Gasteiger charge is 2.33. The van der Waals surface area contributed by atoms with Gasteiger partial charge in [0.05, 0.1) is 0 Å². The molecule has 0 saturated carbocycles. The standard InChI is InChI=1S/C15H26O3.6C6H14/c1-5-6-7-8-15(9-12(2)16,10-13(3)17)11-14(4)18;6*1-3-5-6-4-2/h5-11H2,1-4H3;6*3-6H2,1-2H3. The van der Waals surface area contributed by atoms with Crippen LogP contribution in [0.25, 0.3) is 0 Å². The molecule has 0 saturated heterocycles. The third kappa shape index (κ3) is 88.3. The minimum absolute atomic E-state index is 0.0639. The zero-order valence-corrected chi connectivity index (χ0v) is 41.1. The van der Waals surface area contributed by atoms with E-state index in [1.807, 2.05) is 0 Å². The fourth-order valence-electron chi connectivity index (χ4n) is 5.79. The van der Waals surface area contributed by atoms with Crippen molar-refractivity contribution in [1.29, 1.82) is 0 Å². The van der Waals surface area contributed by atoms with Crippen LogP contribution in [0.1, 0.15) is 310 Å². The van der Waals surface area contributed by atoms with Gasteiger partial charge in [-0.15, -0.1) is 0 Å². The second kappa shape index (κ2) is 66.8. The van der Waals surface area contributed by atoms with Crippen molar-refractivity contribution in [2.24, 2.45) is 5.41 Å². The molecule has 0 radical (unpaired) electrons. The molecule has 0 aliphatic rings. The maximum Gasteiger partial charge on any atom is 0.130 e. The third-order valence-corrected chi connectivity index (χ3v) is 8.93. The van der Waals surface area contributed by atoms with Crippen LogP contribution in [0.15, 0.2) is 0 Å². The van der Waals surface area contributed by atoms with Crippen LogP contribution < -0.4 is 0 Å². The summed E-state index contributed by atoms with van der Waals surface area (Å²) in [4.78, 5) is 34.3. The number of carbonyl (C=O) groups is 3. The van der Waals surface area contributed by atoms with Gasteiger partial charge in [-0.25, -0.2) is 0 Å². The average molecular weight is 771 g/mol. The van der Waals surface area contributed by atoms with Crippen molar-refractivity contribution in [3.05, 3.63) is 0 Å². The zero-order valence-electron chi connectivity index (χ0n) is 41.1. The fraction of sp³-hybridized carbons (Fsp3) is 0.941. The Hall–Kier alpha value is -0.990. The summed E-state index contributed by atoms with van der Waals surface area (Å²) in [5.74, 6) is 0.192. The second-order valence-electron chi connectivity index (χ2n) is 15.8. The lowest BCUT2D eigenvalue weighted by atomic mass is 9.71. The summed E-state index contributed by atoms with van der Waals surface area (Å²) in [6, 6.07) is 0. The highest BCUT2D eigenvalue weighted by Crippen LogP contribution is 2.37. The van der Waals surface area contributed by atoms with E-state index in [1.165, 1.54) is 175 Å². The summed E-state index contributed by atoms with van der Waals surface area (Å²) >= 11 is 0. The molecule has 3 heteroatoms. The van der Waals surface area contributed by atoms with Gasteiger partial charge in [0.15, 0.2) is 0 Å². The van der Waals surface area contributed by atoms with E-state index in [-0.39, 0.29) is 17.3 Å². The van der Waals surface area contributed by atoms with Crippen molar-refractivity contribution in [2.75, 3.05) is 0 Å². The first-order valence-corrected chi connectivity index (χ1v) is 24.3. The van der Waals surface area contributed by atoms with Gasteiger partial charge in [-0.1, -0.05) is 263 Å². The first-order valence-electron chi connectivity index (χ1n) is 24.3. The largest absolute Gasteiger partial charge is 0.300 e. The minimum Gasteiger partial charge on any atom is -0.300 e. The summed E-state index contributed by atoms with van der Waals surface area (Å²) < 4.78 is 0. The number of carbonyl (C=O) groups excluding carboxylic acids is 3. The number of ketones is 3. The monoisotopic (exact) mass is 771 g/mol. The number of hydrogen-bond acceptors (Lipinski definition) is 3. The van der Waals surface area contributed by atoms with Gasteiger partial charge >= 0.3 is 0 Å². The van der Waals surface area contributed by atoms with Crippen LogP contribution in [0, 0.1) is 5.41 Å². The van der Waals surface area contributed by atoms with Crippen LogP contribution in [0.5, 0.6) is 0 Å². The van der Waals surface area contributed by atoms with Crippen molar-refractivity contribution >= 4 is 17.3 Å². The zero-order chi connectivity index (χ0) is 43.2. The predicted octanol–water partition coefficient (Wildman–Crippen LogP) is 19.0. The van der Waals surface area contributed by atoms with Crippen molar-refractivity contribution < 1.29 is 14.4 Å². The molecule has 0 N–H and O–H groups in total. The predicted molar refractivity (Wildman–Crippen MR) is 251 cm³/mol. The van der Waals surface area contributed by atoms with E-state index < -0.39 is 5.41 Å². The SMILES string of the molecule is CCCCCC.CCCCCC.CCCCCC.CCCCCC.CCCCCC.CCCCCC.CCCCCC(CC(C)=O)(CC(C)=O)CC(C)=O. The summed E-state index contributed by atoms with van der Waals surface area (Å²) in [5, 5.41) is 0.